The minimum atomic E-state index is -0.872. The third kappa shape index (κ3) is 2.14. The van der Waals surface area contributed by atoms with Crippen molar-refractivity contribution in [1.29, 1.82) is 5.26 Å². The minimum absolute atomic E-state index is 0.538. The molecular weight excluding hydrogens is 272 g/mol. The van der Waals surface area contributed by atoms with Crippen LogP contribution in [0.1, 0.15) is 31.7 Å². The largest absolute Gasteiger partial charge is 0.479 e. The lowest BCUT2D eigenvalue weighted by Gasteiger charge is -2.36. The number of hydrogen-bond donors (Lipinski definition) is 1. The number of thioether (sulfide) groups is 1. The molecule has 1 aliphatic heterocycles. The Morgan fingerprint density at radius 3 is 2.90 bits per heavy atom. The van der Waals surface area contributed by atoms with Crippen LogP contribution in [0.15, 0.2) is 23.1 Å². The molecule has 106 valence electrons. The van der Waals surface area contributed by atoms with E-state index in [-0.39, 0.29) is 0 Å². The number of carboxylic acid groups (broad SMARTS) is 1. The van der Waals surface area contributed by atoms with Gasteiger partial charge in [-0.25, -0.2) is 4.79 Å². The average Bonchev–Trinajstić information content (AvgIpc) is 2.91. The Morgan fingerprint density at radius 2 is 2.35 bits per heavy atom. The molecule has 1 saturated heterocycles. The number of nitriles is 1. The summed E-state index contributed by atoms with van der Waals surface area (Å²) in [5, 5.41) is 19.1. The first kappa shape index (κ1) is 14.7. The fourth-order valence-corrected chi connectivity index (χ4v) is 3.57. The first-order valence-corrected chi connectivity index (χ1v) is 7.91. The molecule has 20 heavy (non-hydrogen) atoms. The van der Waals surface area contributed by atoms with Gasteiger partial charge in [-0.15, -0.1) is 11.8 Å². The first-order valence-electron chi connectivity index (χ1n) is 6.69. The molecule has 4 nitrogen and oxygen atoms in total. The van der Waals surface area contributed by atoms with E-state index in [1.807, 2.05) is 36.3 Å². The second kappa shape index (κ2) is 5.76. The zero-order valence-corrected chi connectivity index (χ0v) is 12.5. The maximum atomic E-state index is 11.8. The van der Waals surface area contributed by atoms with Crippen molar-refractivity contribution in [2.45, 2.75) is 36.6 Å². The Morgan fingerprint density at radius 1 is 1.60 bits per heavy atom. The van der Waals surface area contributed by atoms with Crippen molar-refractivity contribution >= 4 is 23.4 Å². The predicted octanol–water partition coefficient (Wildman–Crippen LogP) is 3.11. The van der Waals surface area contributed by atoms with Crippen molar-refractivity contribution in [3.8, 4) is 6.07 Å². The van der Waals surface area contributed by atoms with Gasteiger partial charge in [0.05, 0.1) is 11.3 Å². The first-order chi connectivity index (χ1) is 9.60. The number of rotatable bonds is 4. The standard InChI is InChI=1S/C15H18N2O2S/c1-3-15(14(18)19)8-5-9-17(15)12-6-4-7-13(20-2)11(12)10-16/h4,6-7H,3,5,8-9H2,1-2H3,(H,18,19). The number of benzene rings is 1. The number of anilines is 1. The molecule has 1 aliphatic rings. The Balaban J connectivity index is 2.56. The van der Waals surface area contributed by atoms with Crippen molar-refractivity contribution < 1.29 is 9.90 Å². The second-order valence-electron chi connectivity index (χ2n) is 4.91. The smallest absolute Gasteiger partial charge is 0.329 e. The van der Waals surface area contributed by atoms with E-state index in [2.05, 4.69) is 6.07 Å². The molecule has 0 aromatic heterocycles. The number of aliphatic carboxylic acids is 1. The zero-order chi connectivity index (χ0) is 14.8. The van der Waals surface area contributed by atoms with Gasteiger partial charge in [0.25, 0.3) is 0 Å². The highest BCUT2D eigenvalue weighted by molar-refractivity contribution is 7.98. The van der Waals surface area contributed by atoms with E-state index in [1.165, 1.54) is 11.8 Å². The molecule has 0 bridgehead atoms. The summed E-state index contributed by atoms with van der Waals surface area (Å²) in [7, 11) is 0. The van der Waals surface area contributed by atoms with Gasteiger partial charge < -0.3 is 10.0 Å². The Labute approximate surface area is 123 Å². The van der Waals surface area contributed by atoms with Crippen molar-refractivity contribution in [2.75, 3.05) is 17.7 Å². The highest BCUT2D eigenvalue weighted by atomic mass is 32.2. The average molecular weight is 290 g/mol. The lowest BCUT2D eigenvalue weighted by atomic mass is 9.92. The lowest BCUT2D eigenvalue weighted by molar-refractivity contribution is -0.143. The monoisotopic (exact) mass is 290 g/mol. The van der Waals surface area contributed by atoms with Crippen LogP contribution in [-0.2, 0) is 4.79 Å². The molecule has 2 rings (SSSR count). The number of carbonyl (C=O) groups is 1. The molecule has 1 unspecified atom stereocenters. The third-order valence-electron chi connectivity index (χ3n) is 4.10. The summed E-state index contributed by atoms with van der Waals surface area (Å²) < 4.78 is 0. The minimum Gasteiger partial charge on any atom is -0.479 e. The summed E-state index contributed by atoms with van der Waals surface area (Å²) in [6, 6.07) is 7.89. The molecule has 0 radical (unpaired) electrons. The molecule has 1 fully saturated rings. The van der Waals surface area contributed by atoms with Gasteiger partial charge in [-0.05, 0) is 37.7 Å². The van der Waals surface area contributed by atoms with Crippen molar-refractivity contribution in [2.24, 2.45) is 0 Å². The molecule has 0 aliphatic carbocycles. The molecule has 0 amide bonds. The van der Waals surface area contributed by atoms with Crippen LogP contribution in [0.3, 0.4) is 0 Å². The number of carboxylic acids is 1. The van der Waals surface area contributed by atoms with Gasteiger partial charge >= 0.3 is 5.97 Å². The molecule has 1 aromatic rings. The van der Waals surface area contributed by atoms with Crippen LogP contribution in [0, 0.1) is 11.3 Å². The molecule has 1 heterocycles. The van der Waals surface area contributed by atoms with Crippen LogP contribution < -0.4 is 4.90 Å². The van der Waals surface area contributed by atoms with Gasteiger partial charge in [-0.3, -0.25) is 0 Å². The summed E-state index contributed by atoms with van der Waals surface area (Å²) >= 11 is 1.51. The number of nitrogens with zero attached hydrogens (tertiary/aromatic N) is 2. The van der Waals surface area contributed by atoms with Gasteiger partial charge in [0.1, 0.15) is 11.6 Å². The van der Waals surface area contributed by atoms with Crippen molar-refractivity contribution in [1.82, 2.24) is 0 Å². The lowest BCUT2D eigenvalue weighted by Crippen LogP contribution is -2.50. The van der Waals surface area contributed by atoms with Gasteiger partial charge in [0.15, 0.2) is 0 Å². The Bertz CT molecular complexity index is 567. The molecule has 5 heteroatoms. The summed E-state index contributed by atoms with van der Waals surface area (Å²) in [6.45, 7) is 2.59. The SMILES string of the molecule is CCC1(C(=O)O)CCCN1c1cccc(SC)c1C#N. The quantitative estimate of drug-likeness (QED) is 0.863. The Kier molecular flexibility index (Phi) is 4.24. The molecular formula is C15H18N2O2S. The van der Waals surface area contributed by atoms with E-state index in [4.69, 9.17) is 0 Å². The second-order valence-corrected chi connectivity index (χ2v) is 5.76. The van der Waals surface area contributed by atoms with Crippen LogP contribution in [0.25, 0.3) is 0 Å². The van der Waals surface area contributed by atoms with E-state index in [0.717, 1.165) is 17.0 Å². The zero-order valence-electron chi connectivity index (χ0n) is 11.7. The van der Waals surface area contributed by atoms with E-state index in [0.29, 0.717) is 24.9 Å². The molecule has 1 atom stereocenters. The van der Waals surface area contributed by atoms with E-state index in [9.17, 15) is 15.2 Å². The third-order valence-corrected chi connectivity index (χ3v) is 4.88. The molecule has 1 aromatic carbocycles. The highest BCUT2D eigenvalue weighted by Gasteiger charge is 2.47. The van der Waals surface area contributed by atoms with Crippen LogP contribution in [0.4, 0.5) is 5.69 Å². The summed E-state index contributed by atoms with van der Waals surface area (Å²) in [6.07, 6.45) is 3.94. The van der Waals surface area contributed by atoms with Gasteiger partial charge in [-0.1, -0.05) is 13.0 Å². The molecule has 1 N–H and O–H groups in total. The van der Waals surface area contributed by atoms with Crippen molar-refractivity contribution in [3.05, 3.63) is 23.8 Å². The van der Waals surface area contributed by atoms with Crippen LogP contribution in [-0.4, -0.2) is 29.4 Å². The summed E-state index contributed by atoms with van der Waals surface area (Å²) in [5.74, 6) is -0.795. The highest BCUT2D eigenvalue weighted by Crippen LogP contribution is 2.40. The fourth-order valence-electron chi connectivity index (χ4n) is 3.00. The Hall–Kier alpha value is -1.67. The van der Waals surface area contributed by atoms with Gasteiger partial charge in [0, 0.05) is 11.4 Å². The molecule has 0 spiro atoms. The molecule has 0 saturated carbocycles. The van der Waals surface area contributed by atoms with E-state index < -0.39 is 11.5 Å². The van der Waals surface area contributed by atoms with Crippen LogP contribution in [0.5, 0.6) is 0 Å². The van der Waals surface area contributed by atoms with E-state index >= 15 is 0 Å². The summed E-state index contributed by atoms with van der Waals surface area (Å²) in [5.41, 5.74) is 0.463. The number of hydrogen-bond acceptors (Lipinski definition) is 4. The van der Waals surface area contributed by atoms with E-state index in [1.54, 1.807) is 0 Å². The summed E-state index contributed by atoms with van der Waals surface area (Å²) in [4.78, 5) is 14.6. The van der Waals surface area contributed by atoms with Crippen molar-refractivity contribution in [3.63, 3.8) is 0 Å². The van der Waals surface area contributed by atoms with Crippen LogP contribution in [0.2, 0.25) is 0 Å². The topological polar surface area (TPSA) is 64.3 Å². The van der Waals surface area contributed by atoms with Gasteiger partial charge in [-0.2, -0.15) is 5.26 Å². The fraction of sp³-hybridized carbons (Fsp3) is 0.467. The maximum Gasteiger partial charge on any atom is 0.329 e. The normalized spacial score (nSPS) is 21.8. The van der Waals surface area contributed by atoms with Gasteiger partial charge in [0.2, 0.25) is 0 Å². The predicted molar refractivity (Wildman–Crippen MR) is 80.2 cm³/mol. The maximum absolute atomic E-state index is 11.8. The van der Waals surface area contributed by atoms with Crippen LogP contribution >= 0.6 is 11.8 Å².